The van der Waals surface area contributed by atoms with Gasteiger partial charge in [-0.05, 0) is 30.2 Å². The molecule has 1 rings (SSSR count). The number of ketones is 1. The highest BCUT2D eigenvalue weighted by atomic mass is 79.9. The van der Waals surface area contributed by atoms with E-state index in [2.05, 4.69) is 22.9 Å². The van der Waals surface area contributed by atoms with Crippen molar-refractivity contribution in [2.45, 2.75) is 58.3 Å². The highest BCUT2D eigenvalue weighted by molar-refractivity contribution is 9.10. The summed E-state index contributed by atoms with van der Waals surface area (Å²) in [6, 6.07) is 4.65. The molecule has 1 nitrogen and oxygen atoms in total. The van der Waals surface area contributed by atoms with Gasteiger partial charge in [0.2, 0.25) is 0 Å². The van der Waals surface area contributed by atoms with E-state index in [1.807, 2.05) is 6.07 Å². The number of hydrogen-bond acceptors (Lipinski definition) is 1. The van der Waals surface area contributed by atoms with E-state index >= 15 is 0 Å². The average Bonchev–Trinajstić information content (AvgIpc) is 2.32. The maximum atomic E-state index is 13.2. The van der Waals surface area contributed by atoms with Crippen LogP contribution in [0.3, 0.4) is 0 Å². The molecule has 0 spiro atoms. The van der Waals surface area contributed by atoms with Gasteiger partial charge in [-0.3, -0.25) is 4.79 Å². The van der Waals surface area contributed by atoms with E-state index in [4.69, 9.17) is 0 Å². The van der Waals surface area contributed by atoms with Gasteiger partial charge < -0.3 is 0 Å². The predicted octanol–water partition coefficient (Wildman–Crippen LogP) is 5.45. The van der Waals surface area contributed by atoms with E-state index in [1.54, 1.807) is 0 Å². The van der Waals surface area contributed by atoms with Crippen LogP contribution in [0.2, 0.25) is 0 Å². The van der Waals surface area contributed by atoms with Crippen LogP contribution >= 0.6 is 15.9 Å². The summed E-state index contributed by atoms with van der Waals surface area (Å²) in [4.78, 5) is 11.8. The predicted molar refractivity (Wildman–Crippen MR) is 80.8 cm³/mol. The Balaban J connectivity index is 2.23. The van der Waals surface area contributed by atoms with Gasteiger partial charge in [-0.2, -0.15) is 0 Å². The second-order valence-electron chi connectivity index (χ2n) is 5.01. The van der Waals surface area contributed by atoms with Crippen molar-refractivity contribution < 1.29 is 9.18 Å². The molecule has 0 N–H and O–H groups in total. The molecular formula is C16H22BrFO. The van der Waals surface area contributed by atoms with Crippen LogP contribution in [-0.2, 0) is 11.2 Å². The van der Waals surface area contributed by atoms with Crippen LogP contribution in [0, 0.1) is 5.82 Å². The second kappa shape index (κ2) is 9.24. The molecule has 1 aromatic rings. The van der Waals surface area contributed by atoms with Crippen LogP contribution < -0.4 is 0 Å². The van der Waals surface area contributed by atoms with E-state index in [0.29, 0.717) is 17.3 Å². The lowest BCUT2D eigenvalue weighted by molar-refractivity contribution is -0.118. The molecule has 0 bridgehead atoms. The third kappa shape index (κ3) is 7.46. The molecule has 0 aliphatic carbocycles. The molecule has 0 aliphatic rings. The van der Waals surface area contributed by atoms with Crippen LogP contribution in [0.15, 0.2) is 22.7 Å². The number of halogens is 2. The monoisotopic (exact) mass is 328 g/mol. The summed E-state index contributed by atoms with van der Waals surface area (Å²) in [7, 11) is 0. The molecule has 0 heterocycles. The number of benzene rings is 1. The van der Waals surface area contributed by atoms with E-state index in [0.717, 1.165) is 18.4 Å². The first-order valence-electron chi connectivity index (χ1n) is 7.08. The van der Waals surface area contributed by atoms with Gasteiger partial charge in [0, 0.05) is 17.3 Å². The lowest BCUT2D eigenvalue weighted by Gasteiger charge is -2.03. The van der Waals surface area contributed by atoms with Gasteiger partial charge in [-0.25, -0.2) is 4.39 Å². The standard InChI is InChI=1S/C16H22BrFO/c1-2-3-4-5-6-7-8-16(19)11-13-9-14(17)12-15(18)10-13/h9-10,12H,2-8,11H2,1H3. The van der Waals surface area contributed by atoms with E-state index in [-0.39, 0.29) is 11.6 Å². The summed E-state index contributed by atoms with van der Waals surface area (Å²) in [6.45, 7) is 2.20. The molecule has 0 amide bonds. The number of Topliss-reactive ketones (excluding diaryl/α,β-unsaturated/α-hetero) is 1. The molecule has 0 aliphatic heterocycles. The fourth-order valence-electron chi connectivity index (χ4n) is 2.13. The number of carbonyl (C=O) groups excluding carboxylic acids is 1. The normalized spacial score (nSPS) is 10.7. The third-order valence-electron chi connectivity index (χ3n) is 3.13. The minimum absolute atomic E-state index is 0.202. The van der Waals surface area contributed by atoms with Gasteiger partial charge in [0.15, 0.2) is 0 Å². The van der Waals surface area contributed by atoms with Crippen molar-refractivity contribution in [1.29, 1.82) is 0 Å². The quantitative estimate of drug-likeness (QED) is 0.551. The van der Waals surface area contributed by atoms with Gasteiger partial charge in [0.25, 0.3) is 0 Å². The van der Waals surface area contributed by atoms with Crippen molar-refractivity contribution in [2.24, 2.45) is 0 Å². The van der Waals surface area contributed by atoms with Crippen molar-refractivity contribution in [1.82, 2.24) is 0 Å². The van der Waals surface area contributed by atoms with Gasteiger partial charge in [-0.15, -0.1) is 0 Å². The minimum atomic E-state index is -0.295. The SMILES string of the molecule is CCCCCCCCC(=O)Cc1cc(F)cc(Br)c1. The highest BCUT2D eigenvalue weighted by Gasteiger charge is 2.06. The zero-order valence-electron chi connectivity index (χ0n) is 11.6. The van der Waals surface area contributed by atoms with Gasteiger partial charge >= 0.3 is 0 Å². The molecule has 19 heavy (non-hydrogen) atoms. The topological polar surface area (TPSA) is 17.1 Å². The van der Waals surface area contributed by atoms with Crippen LogP contribution in [0.25, 0.3) is 0 Å². The Morgan fingerprint density at radius 3 is 2.47 bits per heavy atom. The summed E-state index contributed by atoms with van der Waals surface area (Å²) in [5, 5.41) is 0. The Morgan fingerprint density at radius 1 is 1.11 bits per heavy atom. The Labute approximate surface area is 123 Å². The zero-order chi connectivity index (χ0) is 14.1. The third-order valence-corrected chi connectivity index (χ3v) is 3.59. The average molecular weight is 329 g/mol. The first-order valence-corrected chi connectivity index (χ1v) is 7.87. The van der Waals surface area contributed by atoms with Crippen molar-refractivity contribution in [3.8, 4) is 0 Å². The smallest absolute Gasteiger partial charge is 0.137 e. The summed E-state index contributed by atoms with van der Waals surface area (Å²) in [6.07, 6.45) is 8.04. The van der Waals surface area contributed by atoms with Crippen molar-refractivity contribution in [3.63, 3.8) is 0 Å². The lowest BCUT2D eigenvalue weighted by Crippen LogP contribution is -2.03. The summed E-state index contributed by atoms with van der Waals surface area (Å²) >= 11 is 3.24. The number of unbranched alkanes of at least 4 members (excludes halogenated alkanes) is 5. The van der Waals surface area contributed by atoms with Gasteiger partial charge in [-0.1, -0.05) is 55.0 Å². The molecule has 0 radical (unpaired) electrons. The highest BCUT2D eigenvalue weighted by Crippen LogP contribution is 2.16. The van der Waals surface area contributed by atoms with Crippen molar-refractivity contribution >= 4 is 21.7 Å². The molecular weight excluding hydrogens is 307 g/mol. The molecule has 3 heteroatoms. The minimum Gasteiger partial charge on any atom is -0.299 e. The van der Waals surface area contributed by atoms with Crippen molar-refractivity contribution in [3.05, 3.63) is 34.1 Å². The summed E-state index contributed by atoms with van der Waals surface area (Å²) in [5.41, 5.74) is 0.753. The van der Waals surface area contributed by atoms with E-state index < -0.39 is 0 Å². The maximum absolute atomic E-state index is 13.2. The van der Waals surface area contributed by atoms with Gasteiger partial charge in [0.1, 0.15) is 11.6 Å². The molecule has 0 fully saturated rings. The Bertz CT molecular complexity index is 383. The van der Waals surface area contributed by atoms with E-state index in [9.17, 15) is 9.18 Å². The van der Waals surface area contributed by atoms with Crippen molar-refractivity contribution in [2.75, 3.05) is 0 Å². The van der Waals surface area contributed by atoms with Crippen LogP contribution in [-0.4, -0.2) is 5.78 Å². The fraction of sp³-hybridized carbons (Fsp3) is 0.562. The lowest BCUT2D eigenvalue weighted by atomic mass is 10.0. The number of hydrogen-bond donors (Lipinski definition) is 0. The molecule has 1 aromatic carbocycles. The molecule has 106 valence electrons. The number of carbonyl (C=O) groups is 1. The second-order valence-corrected chi connectivity index (χ2v) is 5.93. The fourth-order valence-corrected chi connectivity index (χ4v) is 2.64. The Hall–Kier alpha value is -0.700. The molecule has 0 unspecified atom stereocenters. The maximum Gasteiger partial charge on any atom is 0.137 e. The Kier molecular flexibility index (Phi) is 7.96. The molecule has 0 aromatic heterocycles. The largest absolute Gasteiger partial charge is 0.299 e. The number of rotatable bonds is 9. The van der Waals surface area contributed by atoms with E-state index in [1.165, 1.54) is 37.8 Å². The van der Waals surface area contributed by atoms with Crippen LogP contribution in [0.5, 0.6) is 0 Å². The zero-order valence-corrected chi connectivity index (χ0v) is 13.1. The Morgan fingerprint density at radius 2 is 1.79 bits per heavy atom. The van der Waals surface area contributed by atoms with Gasteiger partial charge in [0.05, 0.1) is 0 Å². The van der Waals surface area contributed by atoms with Crippen LogP contribution in [0.1, 0.15) is 57.4 Å². The first-order chi connectivity index (χ1) is 9.11. The van der Waals surface area contributed by atoms with Crippen LogP contribution in [0.4, 0.5) is 4.39 Å². The summed E-state index contributed by atoms with van der Waals surface area (Å²) in [5.74, 6) is -0.0928. The molecule has 0 saturated heterocycles. The first kappa shape index (κ1) is 16.4. The molecule has 0 atom stereocenters. The summed E-state index contributed by atoms with van der Waals surface area (Å²) < 4.78 is 13.9. The molecule has 0 saturated carbocycles.